The van der Waals surface area contributed by atoms with Crippen molar-refractivity contribution in [3.8, 4) is 0 Å². The van der Waals surface area contributed by atoms with Crippen LogP contribution in [0, 0.1) is 13.8 Å². The fourth-order valence-electron chi connectivity index (χ4n) is 2.63. The number of primary amides is 1. The molecule has 0 spiro atoms. The van der Waals surface area contributed by atoms with E-state index < -0.39 is 29.6 Å². The first-order valence-corrected chi connectivity index (χ1v) is 8.37. The van der Waals surface area contributed by atoms with Crippen molar-refractivity contribution in [3.63, 3.8) is 0 Å². The zero-order valence-corrected chi connectivity index (χ0v) is 15.1. The second-order valence-corrected chi connectivity index (χ2v) is 6.52. The molecule has 0 unspecified atom stereocenters. The first kappa shape index (κ1) is 20.5. The number of alkyl halides is 3. The Morgan fingerprint density at radius 3 is 2.11 bits per heavy atom. The van der Waals surface area contributed by atoms with Gasteiger partial charge in [0.2, 0.25) is 11.8 Å². The van der Waals surface area contributed by atoms with E-state index in [2.05, 4.69) is 5.32 Å². The quantitative estimate of drug-likeness (QED) is 0.811. The van der Waals surface area contributed by atoms with Gasteiger partial charge >= 0.3 is 6.18 Å². The minimum Gasteiger partial charge on any atom is -0.368 e. The Balaban J connectivity index is 2.02. The van der Waals surface area contributed by atoms with Crippen LogP contribution in [-0.2, 0) is 28.6 Å². The highest BCUT2D eigenvalue weighted by Crippen LogP contribution is 2.29. The second-order valence-electron chi connectivity index (χ2n) is 6.52. The maximum Gasteiger partial charge on any atom is 0.416 e. The molecule has 4 nitrogen and oxygen atoms in total. The van der Waals surface area contributed by atoms with Gasteiger partial charge in [-0.25, -0.2) is 0 Å². The molecule has 2 aromatic rings. The lowest BCUT2D eigenvalue weighted by Gasteiger charge is -2.16. The second kappa shape index (κ2) is 8.24. The summed E-state index contributed by atoms with van der Waals surface area (Å²) in [7, 11) is 0. The summed E-state index contributed by atoms with van der Waals surface area (Å²) in [6.45, 7) is 3.91. The Morgan fingerprint density at radius 1 is 1.00 bits per heavy atom. The van der Waals surface area contributed by atoms with Gasteiger partial charge in [0.15, 0.2) is 0 Å². The molecule has 2 rings (SSSR count). The van der Waals surface area contributed by atoms with Gasteiger partial charge in [0.1, 0.15) is 6.04 Å². The lowest BCUT2D eigenvalue weighted by Crippen LogP contribution is -2.46. The largest absolute Gasteiger partial charge is 0.416 e. The molecule has 0 saturated heterocycles. The Labute approximate surface area is 155 Å². The molecule has 0 aliphatic rings. The monoisotopic (exact) mass is 378 g/mol. The molecular weight excluding hydrogens is 357 g/mol. The number of benzene rings is 2. The predicted octanol–water partition coefficient (Wildman–Crippen LogP) is 3.08. The number of rotatable bonds is 6. The van der Waals surface area contributed by atoms with Gasteiger partial charge in [-0.1, -0.05) is 30.3 Å². The van der Waals surface area contributed by atoms with Crippen molar-refractivity contribution in [2.75, 3.05) is 0 Å². The van der Waals surface area contributed by atoms with Crippen LogP contribution in [-0.4, -0.2) is 17.9 Å². The average Bonchev–Trinajstić information content (AvgIpc) is 2.57. The maximum absolute atomic E-state index is 12.6. The number of halogens is 3. The first-order valence-electron chi connectivity index (χ1n) is 8.37. The summed E-state index contributed by atoms with van der Waals surface area (Å²) in [6, 6.07) is 9.14. The summed E-state index contributed by atoms with van der Waals surface area (Å²) < 4.78 is 37.7. The van der Waals surface area contributed by atoms with Crippen LogP contribution in [0.5, 0.6) is 0 Å². The Bertz CT molecular complexity index is 830. The SMILES string of the molecule is Cc1ccc(C[C@@H](NC(=O)Cc2ccc(C(F)(F)F)cc2)C(N)=O)cc1C. The molecule has 0 bridgehead atoms. The van der Waals surface area contributed by atoms with Crippen LogP contribution in [0.3, 0.4) is 0 Å². The van der Waals surface area contributed by atoms with Gasteiger partial charge in [-0.2, -0.15) is 13.2 Å². The fraction of sp³-hybridized carbons (Fsp3) is 0.300. The smallest absolute Gasteiger partial charge is 0.368 e. The molecule has 0 fully saturated rings. The van der Waals surface area contributed by atoms with E-state index in [1.54, 1.807) is 0 Å². The van der Waals surface area contributed by atoms with Crippen molar-refractivity contribution < 1.29 is 22.8 Å². The summed E-state index contributed by atoms with van der Waals surface area (Å²) in [5, 5.41) is 2.56. The van der Waals surface area contributed by atoms with Gasteiger partial charge in [-0.3, -0.25) is 9.59 Å². The minimum absolute atomic E-state index is 0.144. The molecule has 27 heavy (non-hydrogen) atoms. The van der Waals surface area contributed by atoms with Crippen molar-refractivity contribution in [2.45, 2.75) is 38.9 Å². The van der Waals surface area contributed by atoms with Crippen molar-refractivity contribution in [3.05, 3.63) is 70.3 Å². The van der Waals surface area contributed by atoms with E-state index in [0.29, 0.717) is 5.56 Å². The number of aryl methyl sites for hydroxylation is 2. The number of amides is 2. The summed E-state index contributed by atoms with van der Waals surface area (Å²) in [5.74, 6) is -1.16. The third-order valence-electron chi connectivity index (χ3n) is 4.34. The molecule has 0 aliphatic carbocycles. The van der Waals surface area contributed by atoms with Crippen molar-refractivity contribution in [1.29, 1.82) is 0 Å². The van der Waals surface area contributed by atoms with Crippen molar-refractivity contribution in [2.24, 2.45) is 5.73 Å². The Kier molecular flexibility index (Phi) is 6.25. The number of hydrogen-bond acceptors (Lipinski definition) is 2. The van der Waals surface area contributed by atoms with Crippen LogP contribution < -0.4 is 11.1 Å². The molecule has 0 radical (unpaired) electrons. The fourth-order valence-corrected chi connectivity index (χ4v) is 2.63. The normalized spacial score (nSPS) is 12.5. The van der Waals surface area contributed by atoms with Crippen LogP contribution in [0.4, 0.5) is 13.2 Å². The number of carbonyl (C=O) groups is 2. The zero-order chi connectivity index (χ0) is 20.2. The van der Waals surface area contributed by atoms with E-state index in [9.17, 15) is 22.8 Å². The summed E-state index contributed by atoms with van der Waals surface area (Å²) in [5.41, 5.74) is 8.05. The standard InChI is InChI=1S/C20H21F3N2O2/c1-12-3-4-15(9-13(12)2)10-17(19(24)27)25-18(26)11-14-5-7-16(8-6-14)20(21,22)23/h3-9,17H,10-11H2,1-2H3,(H2,24,27)(H,25,26)/t17-/m1/s1. The number of hydrogen-bond donors (Lipinski definition) is 2. The van der Waals surface area contributed by atoms with E-state index in [1.807, 2.05) is 32.0 Å². The Hall–Kier alpha value is -2.83. The average molecular weight is 378 g/mol. The van der Waals surface area contributed by atoms with Crippen LogP contribution in [0.15, 0.2) is 42.5 Å². The van der Waals surface area contributed by atoms with E-state index >= 15 is 0 Å². The molecule has 144 valence electrons. The molecule has 0 saturated carbocycles. The minimum atomic E-state index is -4.43. The molecule has 1 atom stereocenters. The summed E-state index contributed by atoms with van der Waals surface area (Å²) in [6.07, 6.45) is -4.33. The molecule has 3 N–H and O–H groups in total. The van der Waals surface area contributed by atoms with Crippen molar-refractivity contribution >= 4 is 11.8 Å². The Morgan fingerprint density at radius 2 is 1.59 bits per heavy atom. The number of nitrogens with two attached hydrogens (primary N) is 1. The zero-order valence-electron chi connectivity index (χ0n) is 15.1. The van der Waals surface area contributed by atoms with Crippen LogP contribution in [0.1, 0.15) is 27.8 Å². The van der Waals surface area contributed by atoms with Crippen LogP contribution >= 0.6 is 0 Å². The van der Waals surface area contributed by atoms with Crippen molar-refractivity contribution in [1.82, 2.24) is 5.32 Å². The summed E-state index contributed by atoms with van der Waals surface area (Å²) in [4.78, 5) is 23.9. The topological polar surface area (TPSA) is 72.2 Å². The molecule has 0 aliphatic heterocycles. The lowest BCUT2D eigenvalue weighted by atomic mass is 10.0. The molecule has 2 amide bonds. The van der Waals surface area contributed by atoms with E-state index in [0.717, 1.165) is 28.8 Å². The van der Waals surface area contributed by atoms with Gasteiger partial charge < -0.3 is 11.1 Å². The summed E-state index contributed by atoms with van der Waals surface area (Å²) >= 11 is 0. The van der Waals surface area contributed by atoms with Gasteiger partial charge in [0.25, 0.3) is 0 Å². The first-order chi connectivity index (χ1) is 12.6. The highest BCUT2D eigenvalue weighted by atomic mass is 19.4. The van der Waals surface area contributed by atoms with E-state index in [1.165, 1.54) is 12.1 Å². The molecule has 7 heteroatoms. The molecule has 0 aromatic heterocycles. The van der Waals surface area contributed by atoms with E-state index in [4.69, 9.17) is 5.73 Å². The van der Waals surface area contributed by atoms with E-state index in [-0.39, 0.29) is 12.8 Å². The highest BCUT2D eigenvalue weighted by Gasteiger charge is 2.30. The molecule has 0 heterocycles. The van der Waals surface area contributed by atoms with Gasteiger partial charge in [-0.05, 0) is 48.2 Å². The molecule has 2 aromatic carbocycles. The highest BCUT2D eigenvalue weighted by molar-refractivity contribution is 5.87. The van der Waals surface area contributed by atoms with Crippen LogP contribution in [0.2, 0.25) is 0 Å². The third kappa shape index (κ3) is 5.84. The molecular formula is C20H21F3N2O2. The van der Waals surface area contributed by atoms with Gasteiger partial charge in [0, 0.05) is 6.42 Å². The lowest BCUT2D eigenvalue weighted by molar-refractivity contribution is -0.137. The maximum atomic E-state index is 12.6. The number of nitrogens with one attached hydrogen (secondary N) is 1. The van der Waals surface area contributed by atoms with Gasteiger partial charge in [0.05, 0.1) is 12.0 Å². The van der Waals surface area contributed by atoms with Crippen LogP contribution in [0.25, 0.3) is 0 Å². The number of carbonyl (C=O) groups excluding carboxylic acids is 2. The third-order valence-corrected chi connectivity index (χ3v) is 4.34. The van der Waals surface area contributed by atoms with Gasteiger partial charge in [-0.15, -0.1) is 0 Å². The predicted molar refractivity (Wildman–Crippen MR) is 95.9 cm³/mol.